The molecule has 3 aromatic carbocycles. The van der Waals surface area contributed by atoms with Crippen LogP contribution < -0.4 is 5.73 Å². The SMILES string of the molecule is Nc1c2ccccc2c(I)c2ccccc12. The van der Waals surface area contributed by atoms with E-state index in [1.807, 2.05) is 12.1 Å². The van der Waals surface area contributed by atoms with Crippen LogP contribution in [0.15, 0.2) is 48.5 Å². The van der Waals surface area contributed by atoms with Crippen LogP contribution in [0.2, 0.25) is 0 Å². The van der Waals surface area contributed by atoms with Gasteiger partial charge in [0.25, 0.3) is 0 Å². The second kappa shape index (κ2) is 3.63. The summed E-state index contributed by atoms with van der Waals surface area (Å²) in [7, 11) is 0. The zero-order chi connectivity index (χ0) is 11.1. The monoisotopic (exact) mass is 319 g/mol. The molecule has 0 spiro atoms. The van der Waals surface area contributed by atoms with Crippen LogP contribution in [0.4, 0.5) is 5.69 Å². The highest BCUT2D eigenvalue weighted by molar-refractivity contribution is 14.1. The minimum absolute atomic E-state index is 0.881. The maximum Gasteiger partial charge on any atom is 0.0474 e. The Bertz CT molecular complexity index is 572. The zero-order valence-corrected chi connectivity index (χ0v) is 10.7. The van der Waals surface area contributed by atoms with Crippen LogP contribution >= 0.6 is 22.6 Å². The molecule has 2 N–H and O–H groups in total. The first kappa shape index (κ1) is 9.90. The molecule has 0 radical (unpaired) electrons. The molecule has 0 atom stereocenters. The molecular weight excluding hydrogens is 309 g/mol. The third-order valence-corrected chi connectivity index (χ3v) is 4.07. The van der Waals surface area contributed by atoms with E-state index in [9.17, 15) is 0 Å². The van der Waals surface area contributed by atoms with Crippen LogP contribution in [0.1, 0.15) is 0 Å². The number of rotatable bonds is 0. The minimum atomic E-state index is 0.881. The molecule has 0 aliphatic heterocycles. The van der Waals surface area contributed by atoms with Gasteiger partial charge in [0.2, 0.25) is 0 Å². The van der Waals surface area contributed by atoms with E-state index >= 15 is 0 Å². The second-order valence-corrected chi connectivity index (χ2v) is 4.90. The van der Waals surface area contributed by atoms with Crippen molar-refractivity contribution in [1.29, 1.82) is 0 Å². The molecule has 1 nitrogen and oxygen atoms in total. The van der Waals surface area contributed by atoms with Gasteiger partial charge < -0.3 is 5.73 Å². The molecule has 2 heteroatoms. The number of hydrogen-bond acceptors (Lipinski definition) is 1. The summed E-state index contributed by atoms with van der Waals surface area (Å²) >= 11 is 2.40. The van der Waals surface area contributed by atoms with E-state index < -0.39 is 0 Å². The van der Waals surface area contributed by atoms with Crippen molar-refractivity contribution in [2.24, 2.45) is 0 Å². The van der Waals surface area contributed by atoms with Gasteiger partial charge in [-0.2, -0.15) is 0 Å². The maximum absolute atomic E-state index is 6.22. The van der Waals surface area contributed by atoms with E-state index in [1.165, 1.54) is 14.3 Å². The number of benzene rings is 3. The summed E-state index contributed by atoms with van der Waals surface area (Å²) in [6, 6.07) is 16.6. The number of halogens is 1. The van der Waals surface area contributed by atoms with Crippen molar-refractivity contribution in [3.05, 3.63) is 52.1 Å². The Balaban J connectivity index is 2.67. The van der Waals surface area contributed by atoms with E-state index in [-0.39, 0.29) is 0 Å². The van der Waals surface area contributed by atoms with Gasteiger partial charge in [-0.3, -0.25) is 0 Å². The molecule has 0 aliphatic rings. The van der Waals surface area contributed by atoms with E-state index in [2.05, 4.69) is 59.0 Å². The quantitative estimate of drug-likeness (QED) is 0.375. The van der Waals surface area contributed by atoms with Gasteiger partial charge >= 0.3 is 0 Å². The van der Waals surface area contributed by atoms with Gasteiger partial charge in [-0.15, -0.1) is 0 Å². The number of anilines is 1. The average Bonchev–Trinajstić information content (AvgIpc) is 2.36. The molecule has 0 heterocycles. The smallest absolute Gasteiger partial charge is 0.0474 e. The lowest BCUT2D eigenvalue weighted by atomic mass is 10.0. The van der Waals surface area contributed by atoms with Crippen molar-refractivity contribution in [1.82, 2.24) is 0 Å². The molecule has 3 rings (SSSR count). The standard InChI is InChI=1S/C14H10IN/c15-13-9-5-1-3-7-11(9)14(16)12-8-4-2-6-10(12)13/h1-8H,16H2. The van der Waals surface area contributed by atoms with E-state index in [0.29, 0.717) is 0 Å². The summed E-state index contributed by atoms with van der Waals surface area (Å²) in [6.07, 6.45) is 0. The van der Waals surface area contributed by atoms with Gasteiger partial charge in [0.1, 0.15) is 0 Å². The summed E-state index contributed by atoms with van der Waals surface area (Å²) in [5.41, 5.74) is 7.10. The topological polar surface area (TPSA) is 26.0 Å². The maximum atomic E-state index is 6.22. The Morgan fingerprint density at radius 1 is 0.688 bits per heavy atom. The molecule has 0 aromatic heterocycles. The van der Waals surface area contributed by atoms with Crippen LogP contribution in [0.5, 0.6) is 0 Å². The van der Waals surface area contributed by atoms with Crippen molar-refractivity contribution in [3.8, 4) is 0 Å². The first-order valence-corrected chi connectivity index (χ1v) is 6.21. The van der Waals surface area contributed by atoms with Gasteiger partial charge in [-0.05, 0) is 33.4 Å². The largest absolute Gasteiger partial charge is 0.398 e. The highest BCUT2D eigenvalue weighted by Gasteiger charge is 2.08. The number of fused-ring (bicyclic) bond motifs is 2. The molecule has 0 saturated carbocycles. The lowest BCUT2D eigenvalue weighted by Gasteiger charge is -2.09. The van der Waals surface area contributed by atoms with Crippen LogP contribution in [0, 0.1) is 3.57 Å². The van der Waals surface area contributed by atoms with Crippen molar-refractivity contribution in [3.63, 3.8) is 0 Å². The van der Waals surface area contributed by atoms with Crippen molar-refractivity contribution >= 4 is 49.8 Å². The lowest BCUT2D eigenvalue weighted by molar-refractivity contribution is 1.72. The van der Waals surface area contributed by atoms with Crippen LogP contribution in [0.25, 0.3) is 21.5 Å². The van der Waals surface area contributed by atoms with E-state index in [1.54, 1.807) is 0 Å². The summed E-state index contributed by atoms with van der Waals surface area (Å²) in [5, 5.41) is 4.76. The zero-order valence-electron chi connectivity index (χ0n) is 8.57. The Labute approximate surface area is 107 Å². The van der Waals surface area contributed by atoms with Gasteiger partial charge in [0, 0.05) is 20.0 Å². The summed E-state index contributed by atoms with van der Waals surface area (Å²) in [4.78, 5) is 0. The van der Waals surface area contributed by atoms with E-state index in [4.69, 9.17) is 5.73 Å². The average molecular weight is 319 g/mol. The normalized spacial score (nSPS) is 11.1. The fourth-order valence-corrected chi connectivity index (χ4v) is 3.05. The second-order valence-electron chi connectivity index (χ2n) is 3.82. The van der Waals surface area contributed by atoms with Gasteiger partial charge in [0.05, 0.1) is 0 Å². The first-order chi connectivity index (χ1) is 7.79. The van der Waals surface area contributed by atoms with Crippen LogP contribution in [-0.4, -0.2) is 0 Å². The highest BCUT2D eigenvalue weighted by atomic mass is 127. The molecule has 3 aromatic rings. The Morgan fingerprint density at radius 2 is 1.06 bits per heavy atom. The predicted molar refractivity (Wildman–Crippen MR) is 78.6 cm³/mol. The Kier molecular flexibility index (Phi) is 2.24. The van der Waals surface area contributed by atoms with Crippen molar-refractivity contribution in [2.75, 3.05) is 5.73 Å². The Hall–Kier alpha value is -1.29. The van der Waals surface area contributed by atoms with Gasteiger partial charge in [-0.1, -0.05) is 48.5 Å². The van der Waals surface area contributed by atoms with Gasteiger partial charge in [0.15, 0.2) is 0 Å². The molecule has 0 aliphatic carbocycles. The molecule has 16 heavy (non-hydrogen) atoms. The molecule has 0 saturated heterocycles. The molecule has 0 fully saturated rings. The minimum Gasteiger partial charge on any atom is -0.398 e. The summed E-state index contributed by atoms with van der Waals surface area (Å²) in [6.45, 7) is 0. The van der Waals surface area contributed by atoms with Crippen molar-refractivity contribution < 1.29 is 0 Å². The molecule has 0 unspecified atom stereocenters. The summed E-state index contributed by atoms with van der Waals surface area (Å²) < 4.78 is 1.28. The molecule has 0 amide bonds. The number of nitrogen functional groups attached to an aromatic ring is 1. The van der Waals surface area contributed by atoms with Crippen LogP contribution in [-0.2, 0) is 0 Å². The number of hydrogen-bond donors (Lipinski definition) is 1. The summed E-state index contributed by atoms with van der Waals surface area (Å²) in [5.74, 6) is 0. The van der Waals surface area contributed by atoms with Crippen molar-refractivity contribution in [2.45, 2.75) is 0 Å². The first-order valence-electron chi connectivity index (χ1n) is 5.13. The predicted octanol–water partition coefficient (Wildman–Crippen LogP) is 4.18. The molecule has 0 bridgehead atoms. The molecule has 78 valence electrons. The fourth-order valence-electron chi connectivity index (χ4n) is 2.11. The Morgan fingerprint density at radius 3 is 1.50 bits per heavy atom. The molecular formula is C14H10IN. The lowest BCUT2D eigenvalue weighted by Crippen LogP contribution is -1.92. The van der Waals surface area contributed by atoms with Gasteiger partial charge in [-0.25, -0.2) is 0 Å². The third-order valence-electron chi connectivity index (χ3n) is 2.91. The highest BCUT2D eigenvalue weighted by Crippen LogP contribution is 2.34. The van der Waals surface area contributed by atoms with Crippen LogP contribution in [0.3, 0.4) is 0 Å². The number of nitrogens with two attached hydrogens (primary N) is 1. The fraction of sp³-hybridized carbons (Fsp3) is 0. The van der Waals surface area contributed by atoms with E-state index in [0.717, 1.165) is 16.5 Å². The third kappa shape index (κ3) is 1.29.